The molecule has 0 unspecified atom stereocenters. The Morgan fingerprint density at radius 2 is 2.05 bits per heavy atom. The lowest BCUT2D eigenvalue weighted by atomic mass is 10.0. The summed E-state index contributed by atoms with van der Waals surface area (Å²) in [7, 11) is 0. The van der Waals surface area contributed by atoms with Crippen molar-refractivity contribution in [1.29, 1.82) is 0 Å². The van der Waals surface area contributed by atoms with Gasteiger partial charge in [0.15, 0.2) is 0 Å². The summed E-state index contributed by atoms with van der Waals surface area (Å²) >= 11 is 3.52. The highest BCUT2D eigenvalue weighted by Gasteiger charge is 2.10. The summed E-state index contributed by atoms with van der Waals surface area (Å²) in [6.45, 7) is 9.87. The van der Waals surface area contributed by atoms with Gasteiger partial charge in [0.2, 0.25) is 0 Å². The minimum atomic E-state index is 0.431. The molecule has 0 saturated carbocycles. The first kappa shape index (κ1) is 15.1. The maximum absolute atomic E-state index is 6.01. The third-order valence-corrected chi connectivity index (χ3v) is 3.75. The minimum Gasteiger partial charge on any atom is -0.487 e. The fourth-order valence-corrected chi connectivity index (χ4v) is 2.62. The van der Waals surface area contributed by atoms with Crippen LogP contribution in [0.2, 0.25) is 0 Å². The van der Waals surface area contributed by atoms with Gasteiger partial charge >= 0.3 is 0 Å². The molecular weight excluding hydrogens is 316 g/mol. The van der Waals surface area contributed by atoms with Crippen molar-refractivity contribution in [2.75, 3.05) is 0 Å². The lowest BCUT2D eigenvalue weighted by Gasteiger charge is -2.15. The molecule has 20 heavy (non-hydrogen) atoms. The van der Waals surface area contributed by atoms with Crippen LogP contribution in [-0.4, -0.2) is 9.78 Å². The first-order valence-electron chi connectivity index (χ1n) is 6.96. The fraction of sp³-hybridized carbons (Fsp3) is 0.438. The smallest absolute Gasteiger partial charge is 0.130 e. The van der Waals surface area contributed by atoms with Crippen molar-refractivity contribution in [2.24, 2.45) is 0 Å². The average molecular weight is 337 g/mol. The fourth-order valence-electron chi connectivity index (χ4n) is 2.24. The van der Waals surface area contributed by atoms with Gasteiger partial charge in [-0.25, -0.2) is 0 Å². The van der Waals surface area contributed by atoms with Gasteiger partial charge in [-0.2, -0.15) is 5.10 Å². The molecule has 3 nitrogen and oxygen atoms in total. The van der Waals surface area contributed by atoms with Gasteiger partial charge in [0.25, 0.3) is 0 Å². The molecule has 4 heteroatoms. The lowest BCUT2D eigenvalue weighted by molar-refractivity contribution is 0.288. The second-order valence-electron chi connectivity index (χ2n) is 5.22. The molecule has 1 aromatic carbocycles. The van der Waals surface area contributed by atoms with Crippen molar-refractivity contribution in [1.82, 2.24) is 9.78 Å². The van der Waals surface area contributed by atoms with E-state index >= 15 is 0 Å². The van der Waals surface area contributed by atoms with Crippen LogP contribution in [0.15, 0.2) is 28.7 Å². The van der Waals surface area contributed by atoms with E-state index in [1.165, 1.54) is 5.56 Å². The average Bonchev–Trinajstić information content (AvgIpc) is 2.77. The third-order valence-electron chi connectivity index (χ3n) is 3.25. The monoisotopic (exact) mass is 336 g/mol. The maximum Gasteiger partial charge on any atom is 0.130 e. The van der Waals surface area contributed by atoms with Crippen LogP contribution in [-0.2, 0) is 13.2 Å². The molecule has 108 valence electrons. The normalized spacial score (nSPS) is 11.1. The van der Waals surface area contributed by atoms with Gasteiger partial charge in [-0.05, 0) is 49.6 Å². The molecule has 0 N–H and O–H groups in total. The van der Waals surface area contributed by atoms with E-state index in [9.17, 15) is 0 Å². The Labute approximate surface area is 129 Å². The number of hydrogen-bond acceptors (Lipinski definition) is 2. The molecule has 0 amide bonds. The van der Waals surface area contributed by atoms with Crippen molar-refractivity contribution in [3.8, 4) is 5.75 Å². The van der Waals surface area contributed by atoms with Crippen LogP contribution in [0.4, 0.5) is 0 Å². The molecule has 1 heterocycles. The molecule has 2 rings (SSSR count). The Kier molecular flexibility index (Phi) is 4.86. The Bertz CT molecular complexity index is 590. The SMILES string of the molecule is CCn1nc(C)cc1COc1ccc(Br)cc1C(C)C. The van der Waals surface area contributed by atoms with Gasteiger partial charge in [-0.3, -0.25) is 4.68 Å². The largest absolute Gasteiger partial charge is 0.487 e. The number of ether oxygens (including phenoxy) is 1. The van der Waals surface area contributed by atoms with Crippen LogP contribution in [0.1, 0.15) is 43.6 Å². The zero-order chi connectivity index (χ0) is 14.7. The summed E-state index contributed by atoms with van der Waals surface area (Å²) < 4.78 is 9.09. The summed E-state index contributed by atoms with van der Waals surface area (Å²) in [5, 5.41) is 4.44. The number of hydrogen-bond donors (Lipinski definition) is 0. The molecule has 0 aliphatic carbocycles. The van der Waals surface area contributed by atoms with Crippen molar-refractivity contribution in [2.45, 2.75) is 46.8 Å². The molecule has 0 aliphatic rings. The van der Waals surface area contributed by atoms with E-state index in [4.69, 9.17) is 4.74 Å². The van der Waals surface area contributed by atoms with E-state index in [-0.39, 0.29) is 0 Å². The summed E-state index contributed by atoms with van der Waals surface area (Å²) in [6, 6.07) is 8.25. The van der Waals surface area contributed by atoms with Gasteiger partial charge in [-0.15, -0.1) is 0 Å². The molecule has 0 atom stereocenters. The van der Waals surface area contributed by atoms with Crippen LogP contribution < -0.4 is 4.74 Å². The van der Waals surface area contributed by atoms with Gasteiger partial charge < -0.3 is 4.74 Å². The standard InChI is InChI=1S/C16H21BrN2O/c1-5-19-14(8-12(4)18-19)10-20-16-7-6-13(17)9-15(16)11(2)3/h6-9,11H,5,10H2,1-4H3. The Morgan fingerprint density at radius 1 is 1.30 bits per heavy atom. The molecule has 0 aliphatic heterocycles. The number of nitrogens with zero attached hydrogens (tertiary/aromatic N) is 2. The van der Waals surface area contributed by atoms with E-state index < -0.39 is 0 Å². The van der Waals surface area contributed by atoms with Crippen LogP contribution in [0, 0.1) is 6.92 Å². The molecule has 0 saturated heterocycles. The second-order valence-corrected chi connectivity index (χ2v) is 6.13. The molecular formula is C16H21BrN2O. The van der Waals surface area contributed by atoms with E-state index in [0.717, 1.165) is 28.2 Å². The number of rotatable bonds is 5. The van der Waals surface area contributed by atoms with E-state index in [0.29, 0.717) is 12.5 Å². The van der Waals surface area contributed by atoms with E-state index in [1.807, 2.05) is 23.7 Å². The number of halogens is 1. The van der Waals surface area contributed by atoms with Crippen molar-refractivity contribution < 1.29 is 4.74 Å². The number of benzene rings is 1. The van der Waals surface area contributed by atoms with Crippen molar-refractivity contribution in [3.63, 3.8) is 0 Å². The number of aryl methyl sites for hydroxylation is 2. The van der Waals surface area contributed by atoms with Crippen molar-refractivity contribution >= 4 is 15.9 Å². The molecule has 0 radical (unpaired) electrons. The quantitative estimate of drug-likeness (QED) is 0.792. The highest BCUT2D eigenvalue weighted by atomic mass is 79.9. The Morgan fingerprint density at radius 3 is 2.70 bits per heavy atom. The molecule has 1 aromatic heterocycles. The predicted molar refractivity (Wildman–Crippen MR) is 85.2 cm³/mol. The first-order chi connectivity index (χ1) is 9.51. The van der Waals surface area contributed by atoms with E-state index in [1.54, 1.807) is 0 Å². The highest BCUT2D eigenvalue weighted by Crippen LogP contribution is 2.30. The van der Waals surface area contributed by atoms with Gasteiger partial charge in [-0.1, -0.05) is 29.8 Å². The van der Waals surface area contributed by atoms with Crippen molar-refractivity contribution in [3.05, 3.63) is 45.7 Å². The van der Waals surface area contributed by atoms with Gasteiger partial charge in [0, 0.05) is 11.0 Å². The third kappa shape index (κ3) is 3.42. The zero-order valence-corrected chi connectivity index (χ0v) is 14.1. The highest BCUT2D eigenvalue weighted by molar-refractivity contribution is 9.10. The Hall–Kier alpha value is -1.29. The Balaban J connectivity index is 2.18. The maximum atomic E-state index is 6.01. The van der Waals surface area contributed by atoms with Crippen LogP contribution in [0.5, 0.6) is 5.75 Å². The van der Waals surface area contributed by atoms with Crippen LogP contribution in [0.3, 0.4) is 0 Å². The summed E-state index contributed by atoms with van der Waals surface area (Å²) in [5.41, 5.74) is 3.37. The molecule has 0 fully saturated rings. The minimum absolute atomic E-state index is 0.431. The predicted octanol–water partition coefficient (Wildman–Crippen LogP) is 4.68. The molecule has 0 bridgehead atoms. The molecule has 2 aromatic rings. The van der Waals surface area contributed by atoms with E-state index in [2.05, 4.69) is 53.9 Å². The zero-order valence-electron chi connectivity index (χ0n) is 12.5. The summed E-state index contributed by atoms with van der Waals surface area (Å²) in [5.74, 6) is 1.38. The van der Waals surface area contributed by atoms with Crippen LogP contribution in [0.25, 0.3) is 0 Å². The second kappa shape index (κ2) is 6.44. The van der Waals surface area contributed by atoms with Crippen LogP contribution >= 0.6 is 15.9 Å². The lowest BCUT2D eigenvalue weighted by Crippen LogP contribution is -2.07. The summed E-state index contributed by atoms with van der Waals surface area (Å²) in [4.78, 5) is 0. The van der Waals surface area contributed by atoms with Gasteiger partial charge in [0.05, 0.1) is 11.4 Å². The summed E-state index contributed by atoms with van der Waals surface area (Å²) in [6.07, 6.45) is 0. The topological polar surface area (TPSA) is 27.1 Å². The molecule has 0 spiro atoms. The number of aromatic nitrogens is 2. The van der Waals surface area contributed by atoms with Gasteiger partial charge in [0.1, 0.15) is 12.4 Å². The first-order valence-corrected chi connectivity index (χ1v) is 7.76.